The first-order chi connectivity index (χ1) is 9.76. The van der Waals surface area contributed by atoms with Crippen LogP contribution in [0.25, 0.3) is 0 Å². The molecule has 1 nitrogen and oxygen atoms in total. The Kier molecular flexibility index (Phi) is 8.60. The lowest BCUT2D eigenvalue weighted by Crippen LogP contribution is -2.24. The molecular formula is C19H32O. The van der Waals surface area contributed by atoms with Crippen LogP contribution in [-0.4, -0.2) is 11.7 Å². The monoisotopic (exact) mass is 276 g/mol. The smallest absolute Gasteiger partial charge is 0.0431 e. The molecular weight excluding hydrogens is 244 g/mol. The fourth-order valence-electron chi connectivity index (χ4n) is 3.23. The number of unbranched alkanes of at least 4 members (excludes halogenated alkanes) is 2. The van der Waals surface area contributed by atoms with Crippen LogP contribution in [0.2, 0.25) is 0 Å². The molecule has 114 valence electrons. The molecule has 0 fully saturated rings. The van der Waals surface area contributed by atoms with Crippen LogP contribution in [0.15, 0.2) is 30.3 Å². The molecule has 0 aliphatic rings. The van der Waals surface area contributed by atoms with E-state index in [9.17, 15) is 5.11 Å². The van der Waals surface area contributed by atoms with E-state index in [4.69, 9.17) is 0 Å². The predicted octanol–water partition coefficient (Wildman–Crippen LogP) is 5.37. The number of aliphatic hydroxyl groups is 1. The molecule has 0 unspecified atom stereocenters. The van der Waals surface area contributed by atoms with Gasteiger partial charge in [-0.05, 0) is 43.1 Å². The molecule has 20 heavy (non-hydrogen) atoms. The summed E-state index contributed by atoms with van der Waals surface area (Å²) in [6.07, 6.45) is 11.0. The number of benzene rings is 1. The van der Waals surface area contributed by atoms with Crippen molar-refractivity contribution in [1.82, 2.24) is 0 Å². The van der Waals surface area contributed by atoms with Gasteiger partial charge in [0.25, 0.3) is 0 Å². The molecule has 0 amide bonds. The molecule has 1 aromatic rings. The molecule has 1 N–H and O–H groups in total. The Bertz CT molecular complexity index is 309. The van der Waals surface area contributed by atoms with Crippen molar-refractivity contribution in [2.24, 2.45) is 5.41 Å². The van der Waals surface area contributed by atoms with Crippen LogP contribution in [0, 0.1) is 5.41 Å². The van der Waals surface area contributed by atoms with Gasteiger partial charge in [-0.2, -0.15) is 0 Å². The van der Waals surface area contributed by atoms with Crippen LogP contribution < -0.4 is 0 Å². The van der Waals surface area contributed by atoms with Gasteiger partial charge >= 0.3 is 0 Å². The second-order valence-corrected chi connectivity index (χ2v) is 6.20. The number of hydrogen-bond donors (Lipinski definition) is 1. The van der Waals surface area contributed by atoms with Crippen molar-refractivity contribution in [1.29, 1.82) is 0 Å². The van der Waals surface area contributed by atoms with Crippen molar-refractivity contribution in [3.63, 3.8) is 0 Å². The first-order valence-corrected chi connectivity index (χ1v) is 8.41. The Morgan fingerprint density at radius 3 is 1.90 bits per heavy atom. The van der Waals surface area contributed by atoms with Gasteiger partial charge in [0.15, 0.2) is 0 Å². The topological polar surface area (TPSA) is 20.2 Å². The highest BCUT2D eigenvalue weighted by Crippen LogP contribution is 2.39. The zero-order valence-corrected chi connectivity index (χ0v) is 13.4. The zero-order valence-electron chi connectivity index (χ0n) is 13.4. The van der Waals surface area contributed by atoms with Crippen LogP contribution >= 0.6 is 0 Å². The molecule has 1 aromatic carbocycles. The number of hydrogen-bond acceptors (Lipinski definition) is 1. The largest absolute Gasteiger partial charge is 0.396 e. The first kappa shape index (κ1) is 17.2. The molecule has 0 heterocycles. The van der Waals surface area contributed by atoms with Gasteiger partial charge in [0, 0.05) is 6.61 Å². The van der Waals surface area contributed by atoms with Gasteiger partial charge in [0.05, 0.1) is 0 Å². The lowest BCUT2D eigenvalue weighted by Gasteiger charge is -2.34. The van der Waals surface area contributed by atoms with Crippen LogP contribution in [0.4, 0.5) is 0 Å². The van der Waals surface area contributed by atoms with Crippen LogP contribution in [0.3, 0.4) is 0 Å². The second kappa shape index (κ2) is 9.99. The summed E-state index contributed by atoms with van der Waals surface area (Å²) in [5.74, 6) is 0. The third-order valence-corrected chi connectivity index (χ3v) is 4.41. The maximum atomic E-state index is 9.25. The van der Waals surface area contributed by atoms with E-state index in [1.165, 1.54) is 56.9 Å². The number of rotatable bonds is 11. The van der Waals surface area contributed by atoms with Gasteiger partial charge < -0.3 is 5.11 Å². The summed E-state index contributed by atoms with van der Waals surface area (Å²) >= 11 is 0. The van der Waals surface area contributed by atoms with Crippen LogP contribution in [-0.2, 0) is 6.42 Å². The average Bonchev–Trinajstić information content (AvgIpc) is 2.49. The SMILES string of the molecule is CCCCC(CCCC)(CCCO)Cc1ccccc1. The molecule has 0 aliphatic heterocycles. The summed E-state index contributed by atoms with van der Waals surface area (Å²) in [6, 6.07) is 10.9. The van der Waals surface area contributed by atoms with Gasteiger partial charge in [-0.3, -0.25) is 0 Å². The third kappa shape index (κ3) is 6.09. The lowest BCUT2D eigenvalue weighted by molar-refractivity contribution is 0.174. The fourth-order valence-corrected chi connectivity index (χ4v) is 3.23. The van der Waals surface area contributed by atoms with Gasteiger partial charge in [-0.25, -0.2) is 0 Å². The highest BCUT2D eigenvalue weighted by atomic mass is 16.2. The summed E-state index contributed by atoms with van der Waals surface area (Å²) in [5.41, 5.74) is 1.86. The summed E-state index contributed by atoms with van der Waals surface area (Å²) in [5, 5.41) is 9.25. The molecule has 0 radical (unpaired) electrons. The molecule has 0 spiro atoms. The molecule has 0 atom stereocenters. The summed E-state index contributed by atoms with van der Waals surface area (Å²) in [7, 11) is 0. The molecule has 0 aromatic heterocycles. The van der Waals surface area contributed by atoms with Gasteiger partial charge in [0.1, 0.15) is 0 Å². The first-order valence-electron chi connectivity index (χ1n) is 8.41. The third-order valence-electron chi connectivity index (χ3n) is 4.41. The summed E-state index contributed by atoms with van der Waals surface area (Å²) in [6.45, 7) is 4.88. The molecule has 0 aliphatic carbocycles. The van der Waals surface area contributed by atoms with E-state index in [0.717, 1.165) is 6.42 Å². The fraction of sp³-hybridized carbons (Fsp3) is 0.684. The Labute approximate surface area is 125 Å². The Hall–Kier alpha value is -0.820. The van der Waals surface area contributed by atoms with Crippen LogP contribution in [0.5, 0.6) is 0 Å². The van der Waals surface area contributed by atoms with Crippen molar-refractivity contribution >= 4 is 0 Å². The minimum absolute atomic E-state index is 0.328. The quantitative estimate of drug-likeness (QED) is 0.576. The standard InChI is InChI=1S/C19H32O/c1-3-5-13-19(14-6-4-2,15-10-16-20)17-18-11-8-7-9-12-18/h7-9,11-12,20H,3-6,10,13-17H2,1-2H3. The highest BCUT2D eigenvalue weighted by Gasteiger charge is 2.28. The normalized spacial score (nSPS) is 11.8. The minimum Gasteiger partial charge on any atom is -0.396 e. The highest BCUT2D eigenvalue weighted by molar-refractivity contribution is 5.16. The Morgan fingerprint density at radius 2 is 1.40 bits per heavy atom. The van der Waals surface area contributed by atoms with Gasteiger partial charge in [-0.15, -0.1) is 0 Å². The van der Waals surface area contributed by atoms with Crippen molar-refractivity contribution in [2.45, 2.75) is 71.6 Å². The van der Waals surface area contributed by atoms with E-state index in [2.05, 4.69) is 44.2 Å². The Balaban J connectivity index is 2.81. The van der Waals surface area contributed by atoms with Crippen molar-refractivity contribution in [2.75, 3.05) is 6.61 Å². The predicted molar refractivity (Wildman–Crippen MR) is 87.9 cm³/mol. The van der Waals surface area contributed by atoms with E-state index in [-0.39, 0.29) is 0 Å². The molecule has 1 heteroatoms. The van der Waals surface area contributed by atoms with Gasteiger partial charge in [0.2, 0.25) is 0 Å². The van der Waals surface area contributed by atoms with E-state index < -0.39 is 0 Å². The number of aliphatic hydroxyl groups excluding tert-OH is 1. The van der Waals surface area contributed by atoms with Crippen molar-refractivity contribution < 1.29 is 5.11 Å². The van der Waals surface area contributed by atoms with E-state index in [1.54, 1.807) is 0 Å². The van der Waals surface area contributed by atoms with Gasteiger partial charge in [-0.1, -0.05) is 69.9 Å². The van der Waals surface area contributed by atoms with Crippen molar-refractivity contribution in [3.05, 3.63) is 35.9 Å². The van der Waals surface area contributed by atoms with E-state index in [1.807, 2.05) is 0 Å². The lowest BCUT2D eigenvalue weighted by atomic mass is 9.71. The molecule has 0 saturated heterocycles. The average molecular weight is 276 g/mol. The maximum absolute atomic E-state index is 9.25. The summed E-state index contributed by atoms with van der Waals surface area (Å²) < 4.78 is 0. The summed E-state index contributed by atoms with van der Waals surface area (Å²) in [4.78, 5) is 0. The molecule has 1 rings (SSSR count). The molecule has 0 saturated carbocycles. The maximum Gasteiger partial charge on any atom is 0.0431 e. The van der Waals surface area contributed by atoms with Crippen molar-refractivity contribution in [3.8, 4) is 0 Å². The van der Waals surface area contributed by atoms with E-state index in [0.29, 0.717) is 12.0 Å². The minimum atomic E-state index is 0.328. The zero-order chi connectivity index (χ0) is 14.7. The molecule has 0 bridgehead atoms. The second-order valence-electron chi connectivity index (χ2n) is 6.20. The Morgan fingerprint density at radius 1 is 0.850 bits per heavy atom. The van der Waals surface area contributed by atoms with E-state index >= 15 is 0 Å². The van der Waals surface area contributed by atoms with Crippen LogP contribution in [0.1, 0.15) is 70.8 Å².